The van der Waals surface area contributed by atoms with E-state index in [9.17, 15) is 14.0 Å². The van der Waals surface area contributed by atoms with Crippen molar-refractivity contribution >= 4 is 11.8 Å². The summed E-state index contributed by atoms with van der Waals surface area (Å²) in [6.07, 6.45) is 1.92. The summed E-state index contributed by atoms with van der Waals surface area (Å²) in [7, 11) is 0. The fourth-order valence-corrected chi connectivity index (χ4v) is 3.71. The molecule has 26 heavy (non-hydrogen) atoms. The van der Waals surface area contributed by atoms with Crippen LogP contribution in [0, 0.1) is 11.7 Å². The molecule has 1 atom stereocenters. The van der Waals surface area contributed by atoms with E-state index in [4.69, 9.17) is 0 Å². The van der Waals surface area contributed by atoms with Crippen molar-refractivity contribution in [2.45, 2.75) is 32.7 Å². The molecule has 5 nitrogen and oxygen atoms in total. The van der Waals surface area contributed by atoms with E-state index < -0.39 is 0 Å². The monoisotopic (exact) mass is 361 g/mol. The van der Waals surface area contributed by atoms with E-state index in [0.29, 0.717) is 37.7 Å². The molecule has 2 saturated heterocycles. The fourth-order valence-electron chi connectivity index (χ4n) is 3.71. The van der Waals surface area contributed by atoms with Gasteiger partial charge in [-0.2, -0.15) is 0 Å². The van der Waals surface area contributed by atoms with Crippen LogP contribution >= 0.6 is 0 Å². The summed E-state index contributed by atoms with van der Waals surface area (Å²) in [4.78, 5) is 31.2. The van der Waals surface area contributed by atoms with E-state index in [0.717, 1.165) is 25.9 Å². The number of rotatable bonds is 5. The van der Waals surface area contributed by atoms with Gasteiger partial charge in [0.15, 0.2) is 0 Å². The van der Waals surface area contributed by atoms with Crippen molar-refractivity contribution in [1.29, 1.82) is 0 Å². The molecule has 0 N–H and O–H groups in total. The normalized spacial score (nSPS) is 21.7. The average molecular weight is 361 g/mol. The van der Waals surface area contributed by atoms with E-state index >= 15 is 0 Å². The minimum absolute atomic E-state index is 0.0368. The van der Waals surface area contributed by atoms with Gasteiger partial charge in [0.05, 0.1) is 6.04 Å². The van der Waals surface area contributed by atoms with Gasteiger partial charge in [-0.15, -0.1) is 0 Å². The molecule has 0 aliphatic carbocycles. The number of hydrogen-bond donors (Lipinski definition) is 0. The lowest BCUT2D eigenvalue weighted by molar-refractivity contribution is -0.132. The molecule has 6 heteroatoms. The molecule has 3 rings (SSSR count). The van der Waals surface area contributed by atoms with E-state index in [2.05, 4.69) is 18.7 Å². The first-order valence-electron chi connectivity index (χ1n) is 9.53. The molecular weight excluding hydrogens is 333 g/mol. The number of likely N-dealkylation sites (tertiary alicyclic amines) is 1. The molecule has 142 valence electrons. The van der Waals surface area contributed by atoms with Crippen LogP contribution in [0.3, 0.4) is 0 Å². The standard InChI is InChI=1S/C20H28FN3O2/c1-15(2)7-9-23-10-8-18(20(23)26)22-11-13-24(14-12-22)19(25)16-3-5-17(21)6-4-16/h3-6,15,18H,7-14H2,1-2H3. The third-order valence-electron chi connectivity index (χ3n) is 5.38. The summed E-state index contributed by atoms with van der Waals surface area (Å²) >= 11 is 0. The van der Waals surface area contributed by atoms with Crippen LogP contribution in [0.15, 0.2) is 24.3 Å². The van der Waals surface area contributed by atoms with Crippen molar-refractivity contribution in [2.75, 3.05) is 39.3 Å². The van der Waals surface area contributed by atoms with E-state index in [1.54, 1.807) is 4.90 Å². The highest BCUT2D eigenvalue weighted by molar-refractivity contribution is 5.94. The first-order valence-corrected chi connectivity index (χ1v) is 9.53. The average Bonchev–Trinajstić information content (AvgIpc) is 3.01. The van der Waals surface area contributed by atoms with E-state index in [1.807, 2.05) is 4.90 Å². The van der Waals surface area contributed by atoms with Gasteiger partial charge in [0.25, 0.3) is 5.91 Å². The van der Waals surface area contributed by atoms with E-state index in [-0.39, 0.29) is 23.7 Å². The van der Waals surface area contributed by atoms with Gasteiger partial charge in [-0.1, -0.05) is 13.8 Å². The highest BCUT2D eigenvalue weighted by atomic mass is 19.1. The van der Waals surface area contributed by atoms with Crippen molar-refractivity contribution in [3.63, 3.8) is 0 Å². The van der Waals surface area contributed by atoms with Crippen LogP contribution in [-0.4, -0.2) is 71.8 Å². The van der Waals surface area contributed by atoms with Crippen molar-refractivity contribution < 1.29 is 14.0 Å². The molecule has 0 aromatic heterocycles. The first kappa shape index (κ1) is 18.8. The van der Waals surface area contributed by atoms with Crippen LogP contribution < -0.4 is 0 Å². The highest BCUT2D eigenvalue weighted by Gasteiger charge is 2.37. The van der Waals surface area contributed by atoms with Crippen LogP contribution in [0.1, 0.15) is 37.0 Å². The Kier molecular flexibility index (Phi) is 5.91. The maximum absolute atomic E-state index is 13.0. The zero-order chi connectivity index (χ0) is 18.7. The summed E-state index contributed by atoms with van der Waals surface area (Å²) in [6, 6.07) is 5.64. The summed E-state index contributed by atoms with van der Waals surface area (Å²) in [5.74, 6) is 0.431. The number of benzene rings is 1. The van der Waals surface area contributed by atoms with Crippen LogP contribution in [0.2, 0.25) is 0 Å². The molecule has 0 radical (unpaired) electrons. The Balaban J connectivity index is 1.51. The van der Waals surface area contributed by atoms with Crippen molar-refractivity contribution in [3.05, 3.63) is 35.6 Å². The molecule has 2 amide bonds. The smallest absolute Gasteiger partial charge is 0.253 e. The third-order valence-corrected chi connectivity index (χ3v) is 5.38. The fraction of sp³-hybridized carbons (Fsp3) is 0.600. The Hall–Kier alpha value is -1.95. The second-order valence-corrected chi connectivity index (χ2v) is 7.65. The van der Waals surface area contributed by atoms with Crippen LogP contribution in [0.5, 0.6) is 0 Å². The molecule has 0 spiro atoms. The van der Waals surface area contributed by atoms with Crippen LogP contribution in [-0.2, 0) is 4.79 Å². The molecule has 2 fully saturated rings. The Morgan fingerprint density at radius 2 is 1.77 bits per heavy atom. The van der Waals surface area contributed by atoms with Crippen molar-refractivity contribution in [3.8, 4) is 0 Å². The second kappa shape index (κ2) is 8.16. The number of hydrogen-bond acceptors (Lipinski definition) is 3. The summed E-state index contributed by atoms with van der Waals surface area (Å²) < 4.78 is 13.0. The Morgan fingerprint density at radius 1 is 1.12 bits per heavy atom. The summed E-state index contributed by atoms with van der Waals surface area (Å²) in [5, 5.41) is 0. The minimum atomic E-state index is -0.340. The number of halogens is 1. The molecule has 1 unspecified atom stereocenters. The molecule has 2 aliphatic rings. The highest BCUT2D eigenvalue weighted by Crippen LogP contribution is 2.20. The Labute approximate surface area is 154 Å². The van der Waals surface area contributed by atoms with Crippen molar-refractivity contribution in [2.24, 2.45) is 5.92 Å². The molecule has 2 heterocycles. The van der Waals surface area contributed by atoms with Gasteiger partial charge in [-0.25, -0.2) is 4.39 Å². The maximum Gasteiger partial charge on any atom is 0.253 e. The summed E-state index contributed by atoms with van der Waals surface area (Å²) in [5.41, 5.74) is 0.511. The van der Waals surface area contributed by atoms with Gasteiger partial charge in [-0.05, 0) is 43.0 Å². The Morgan fingerprint density at radius 3 is 2.38 bits per heavy atom. The number of carbonyl (C=O) groups is 2. The largest absolute Gasteiger partial charge is 0.341 e. The number of amides is 2. The van der Waals surface area contributed by atoms with Gasteiger partial charge in [0.2, 0.25) is 5.91 Å². The van der Waals surface area contributed by atoms with E-state index in [1.165, 1.54) is 24.3 Å². The van der Waals surface area contributed by atoms with Gasteiger partial charge in [-0.3, -0.25) is 14.5 Å². The van der Waals surface area contributed by atoms with Crippen LogP contribution in [0.4, 0.5) is 4.39 Å². The van der Waals surface area contributed by atoms with Crippen LogP contribution in [0.25, 0.3) is 0 Å². The molecule has 2 aliphatic heterocycles. The zero-order valence-corrected chi connectivity index (χ0v) is 15.7. The second-order valence-electron chi connectivity index (χ2n) is 7.65. The number of piperazine rings is 1. The predicted octanol–water partition coefficient (Wildman–Crippen LogP) is 2.23. The summed E-state index contributed by atoms with van der Waals surface area (Å²) in [6.45, 7) is 8.66. The third kappa shape index (κ3) is 4.23. The topological polar surface area (TPSA) is 43.9 Å². The molecule has 0 bridgehead atoms. The number of nitrogens with zero attached hydrogens (tertiary/aromatic N) is 3. The zero-order valence-electron chi connectivity index (χ0n) is 15.7. The van der Waals surface area contributed by atoms with Gasteiger partial charge in [0, 0.05) is 44.8 Å². The predicted molar refractivity (Wildman–Crippen MR) is 98.3 cm³/mol. The Bertz CT molecular complexity index is 639. The van der Waals surface area contributed by atoms with Crippen molar-refractivity contribution in [1.82, 2.24) is 14.7 Å². The minimum Gasteiger partial charge on any atom is -0.341 e. The maximum atomic E-state index is 13.0. The quantitative estimate of drug-likeness (QED) is 0.808. The molecular formula is C20H28FN3O2. The molecule has 1 aromatic rings. The molecule has 0 saturated carbocycles. The van der Waals surface area contributed by atoms with Gasteiger partial charge < -0.3 is 9.80 Å². The number of carbonyl (C=O) groups excluding carboxylic acids is 2. The SMILES string of the molecule is CC(C)CCN1CCC(N2CCN(C(=O)c3ccc(F)cc3)CC2)C1=O. The lowest BCUT2D eigenvalue weighted by Gasteiger charge is -2.37. The lowest BCUT2D eigenvalue weighted by Crippen LogP contribution is -2.53. The van der Waals surface area contributed by atoms with Gasteiger partial charge >= 0.3 is 0 Å². The van der Waals surface area contributed by atoms with Gasteiger partial charge in [0.1, 0.15) is 5.82 Å². The first-order chi connectivity index (χ1) is 12.5. The lowest BCUT2D eigenvalue weighted by atomic mass is 10.1. The molecule has 1 aromatic carbocycles.